The standard InChI is InChI=1S/C14H13BrN2O4/c1-2-20-12-7-9(6-10(15)13(12)18)8-16-17-14(19)11-4-3-5-21-11/h3-8,18H,2H2,1H3,(H,17,19)/b16-8-. The summed E-state index contributed by atoms with van der Waals surface area (Å²) in [7, 11) is 0. The van der Waals surface area contributed by atoms with Crippen LogP contribution in [0, 0.1) is 0 Å². The topological polar surface area (TPSA) is 84.1 Å². The molecule has 0 spiro atoms. The molecule has 0 radical (unpaired) electrons. The first-order chi connectivity index (χ1) is 10.1. The zero-order valence-corrected chi connectivity index (χ0v) is 12.8. The van der Waals surface area contributed by atoms with Crippen LogP contribution in [0.4, 0.5) is 0 Å². The number of halogens is 1. The van der Waals surface area contributed by atoms with E-state index in [1.807, 2.05) is 6.92 Å². The SMILES string of the molecule is CCOc1cc(/C=N\NC(=O)c2ccco2)cc(Br)c1O. The highest BCUT2D eigenvalue weighted by molar-refractivity contribution is 9.10. The Balaban J connectivity index is 2.08. The molecule has 1 heterocycles. The summed E-state index contributed by atoms with van der Waals surface area (Å²) in [5.74, 6) is 0.0903. The molecule has 0 saturated carbocycles. The summed E-state index contributed by atoms with van der Waals surface area (Å²) >= 11 is 3.23. The summed E-state index contributed by atoms with van der Waals surface area (Å²) in [6.45, 7) is 2.24. The smallest absolute Gasteiger partial charge is 0.307 e. The largest absolute Gasteiger partial charge is 0.503 e. The van der Waals surface area contributed by atoms with Gasteiger partial charge in [-0.15, -0.1) is 0 Å². The first-order valence-corrected chi connectivity index (χ1v) is 6.93. The van der Waals surface area contributed by atoms with Crippen molar-refractivity contribution >= 4 is 28.1 Å². The molecule has 0 unspecified atom stereocenters. The number of benzene rings is 1. The third-order valence-corrected chi connectivity index (χ3v) is 3.08. The molecule has 1 aromatic carbocycles. The molecule has 0 aliphatic carbocycles. The number of nitrogens with zero attached hydrogens (tertiary/aromatic N) is 1. The van der Waals surface area contributed by atoms with E-state index in [1.165, 1.54) is 18.5 Å². The molecule has 6 nitrogen and oxygen atoms in total. The first-order valence-electron chi connectivity index (χ1n) is 6.14. The summed E-state index contributed by atoms with van der Waals surface area (Å²) in [5.41, 5.74) is 2.99. The number of aromatic hydroxyl groups is 1. The van der Waals surface area contributed by atoms with Gasteiger partial charge in [0.1, 0.15) is 0 Å². The van der Waals surface area contributed by atoms with Crippen LogP contribution in [0.15, 0.2) is 44.5 Å². The lowest BCUT2D eigenvalue weighted by Crippen LogP contribution is -2.16. The summed E-state index contributed by atoms with van der Waals surface area (Å²) in [6, 6.07) is 6.42. The van der Waals surface area contributed by atoms with Crippen LogP contribution in [0.25, 0.3) is 0 Å². The molecule has 2 rings (SSSR count). The molecule has 2 N–H and O–H groups in total. The molecule has 0 aliphatic heterocycles. The second-order valence-corrected chi connectivity index (χ2v) is 4.81. The van der Waals surface area contributed by atoms with Crippen molar-refractivity contribution in [3.63, 3.8) is 0 Å². The molecular formula is C14H13BrN2O4. The Morgan fingerprint density at radius 1 is 1.57 bits per heavy atom. The lowest BCUT2D eigenvalue weighted by molar-refractivity contribution is 0.0927. The van der Waals surface area contributed by atoms with Crippen LogP contribution in [-0.2, 0) is 0 Å². The average molecular weight is 353 g/mol. The van der Waals surface area contributed by atoms with Crippen LogP contribution < -0.4 is 10.2 Å². The van der Waals surface area contributed by atoms with Crippen molar-refractivity contribution in [1.82, 2.24) is 5.43 Å². The summed E-state index contributed by atoms with van der Waals surface area (Å²) < 4.78 is 10.7. The fourth-order valence-electron chi connectivity index (χ4n) is 1.56. The normalized spacial score (nSPS) is 10.8. The number of carbonyl (C=O) groups excluding carboxylic acids is 1. The number of rotatable bonds is 5. The van der Waals surface area contributed by atoms with Gasteiger partial charge in [0.2, 0.25) is 0 Å². The third-order valence-electron chi connectivity index (χ3n) is 2.48. The molecule has 7 heteroatoms. The van der Waals surface area contributed by atoms with Crippen molar-refractivity contribution in [2.24, 2.45) is 5.10 Å². The van der Waals surface area contributed by atoms with Gasteiger partial charge in [0, 0.05) is 0 Å². The van der Waals surface area contributed by atoms with E-state index >= 15 is 0 Å². The van der Waals surface area contributed by atoms with E-state index in [-0.39, 0.29) is 11.5 Å². The molecule has 0 atom stereocenters. The second kappa shape index (κ2) is 6.94. The van der Waals surface area contributed by atoms with Crippen LogP contribution in [0.1, 0.15) is 23.0 Å². The van der Waals surface area contributed by atoms with Crippen molar-refractivity contribution in [3.05, 3.63) is 46.3 Å². The molecule has 0 bridgehead atoms. The van der Waals surface area contributed by atoms with Gasteiger partial charge in [-0.05, 0) is 52.7 Å². The number of furan rings is 1. The Labute approximate surface area is 129 Å². The maximum atomic E-state index is 11.6. The minimum atomic E-state index is -0.445. The van der Waals surface area contributed by atoms with Crippen molar-refractivity contribution in [2.75, 3.05) is 6.61 Å². The van der Waals surface area contributed by atoms with Crippen molar-refractivity contribution in [1.29, 1.82) is 0 Å². The fourth-order valence-corrected chi connectivity index (χ4v) is 2.02. The Kier molecular flexibility index (Phi) is 4.99. The summed E-state index contributed by atoms with van der Waals surface area (Å²) in [4.78, 5) is 11.6. The van der Waals surface area contributed by atoms with Crippen molar-refractivity contribution < 1.29 is 19.1 Å². The molecule has 110 valence electrons. The average Bonchev–Trinajstić information content (AvgIpc) is 2.98. The van der Waals surface area contributed by atoms with Gasteiger partial charge in [-0.3, -0.25) is 4.79 Å². The molecule has 2 aromatic rings. The van der Waals surface area contributed by atoms with Gasteiger partial charge < -0.3 is 14.3 Å². The van der Waals surface area contributed by atoms with Crippen LogP contribution in [0.2, 0.25) is 0 Å². The Bertz CT molecular complexity index is 653. The first kappa shape index (κ1) is 15.1. The Morgan fingerprint density at radius 3 is 3.05 bits per heavy atom. The maximum absolute atomic E-state index is 11.6. The number of nitrogens with one attached hydrogen (secondary N) is 1. The maximum Gasteiger partial charge on any atom is 0.307 e. The fraction of sp³-hybridized carbons (Fsp3) is 0.143. The van der Waals surface area contributed by atoms with Crippen LogP contribution in [0.5, 0.6) is 11.5 Å². The zero-order valence-electron chi connectivity index (χ0n) is 11.2. The van der Waals surface area contributed by atoms with Gasteiger partial charge >= 0.3 is 5.91 Å². The van der Waals surface area contributed by atoms with Gasteiger partial charge in [0.25, 0.3) is 0 Å². The van der Waals surface area contributed by atoms with Crippen LogP contribution in [-0.4, -0.2) is 23.8 Å². The lowest BCUT2D eigenvalue weighted by atomic mass is 10.2. The van der Waals surface area contributed by atoms with E-state index in [0.29, 0.717) is 22.4 Å². The summed E-state index contributed by atoms with van der Waals surface area (Å²) in [6.07, 6.45) is 2.84. The third kappa shape index (κ3) is 3.85. The second-order valence-electron chi connectivity index (χ2n) is 3.96. The Hall–Kier alpha value is -2.28. The molecule has 1 amide bonds. The number of hydrazone groups is 1. The van der Waals surface area contributed by atoms with Crippen molar-refractivity contribution in [2.45, 2.75) is 6.92 Å². The van der Waals surface area contributed by atoms with E-state index in [1.54, 1.807) is 18.2 Å². The predicted molar refractivity (Wildman–Crippen MR) is 80.7 cm³/mol. The van der Waals surface area contributed by atoms with E-state index in [0.717, 1.165) is 0 Å². The molecule has 0 saturated heterocycles. The number of ether oxygens (including phenoxy) is 1. The monoisotopic (exact) mass is 352 g/mol. The van der Waals surface area contributed by atoms with Gasteiger partial charge in [-0.25, -0.2) is 5.43 Å². The van der Waals surface area contributed by atoms with E-state index < -0.39 is 5.91 Å². The number of phenolic OH excluding ortho intramolecular Hbond substituents is 1. The van der Waals surface area contributed by atoms with Crippen LogP contribution in [0.3, 0.4) is 0 Å². The number of phenols is 1. The van der Waals surface area contributed by atoms with Gasteiger partial charge in [0.15, 0.2) is 17.3 Å². The number of carbonyl (C=O) groups is 1. The lowest BCUT2D eigenvalue weighted by Gasteiger charge is -2.08. The number of hydrogen-bond acceptors (Lipinski definition) is 5. The quantitative estimate of drug-likeness (QED) is 0.640. The number of hydrogen-bond donors (Lipinski definition) is 2. The highest BCUT2D eigenvalue weighted by Crippen LogP contribution is 2.34. The van der Waals surface area contributed by atoms with Gasteiger partial charge in [0.05, 0.1) is 23.6 Å². The van der Waals surface area contributed by atoms with Crippen LogP contribution >= 0.6 is 15.9 Å². The number of amides is 1. The van der Waals surface area contributed by atoms with E-state index in [2.05, 4.69) is 26.5 Å². The molecule has 0 aliphatic rings. The molecular weight excluding hydrogens is 340 g/mol. The van der Waals surface area contributed by atoms with Gasteiger partial charge in [-0.1, -0.05) is 0 Å². The highest BCUT2D eigenvalue weighted by atomic mass is 79.9. The summed E-state index contributed by atoms with van der Waals surface area (Å²) in [5, 5.41) is 13.6. The minimum absolute atomic E-state index is 0.0219. The Morgan fingerprint density at radius 2 is 2.38 bits per heavy atom. The molecule has 1 aromatic heterocycles. The highest BCUT2D eigenvalue weighted by Gasteiger charge is 2.09. The minimum Gasteiger partial charge on any atom is -0.503 e. The van der Waals surface area contributed by atoms with Gasteiger partial charge in [-0.2, -0.15) is 5.10 Å². The molecule has 0 fully saturated rings. The predicted octanol–water partition coefficient (Wildman–Crippen LogP) is 2.91. The zero-order chi connectivity index (χ0) is 15.2. The van der Waals surface area contributed by atoms with Crippen molar-refractivity contribution in [3.8, 4) is 11.5 Å². The van der Waals surface area contributed by atoms with E-state index in [4.69, 9.17) is 9.15 Å². The van der Waals surface area contributed by atoms with E-state index in [9.17, 15) is 9.90 Å². The molecule has 21 heavy (non-hydrogen) atoms.